The molecule has 1 atom stereocenters. The lowest BCUT2D eigenvalue weighted by Gasteiger charge is -2.39. The van der Waals surface area contributed by atoms with Crippen molar-refractivity contribution in [3.63, 3.8) is 0 Å². The molecule has 4 rings (SSSR count). The zero-order valence-electron chi connectivity index (χ0n) is 16.0. The minimum Gasteiger partial charge on any atom is -0.378 e. The van der Waals surface area contributed by atoms with Crippen LogP contribution < -0.4 is 0 Å². The lowest BCUT2D eigenvalue weighted by Crippen LogP contribution is -2.44. The van der Waals surface area contributed by atoms with Crippen LogP contribution in [0, 0.1) is 12.8 Å². The zero-order chi connectivity index (χ0) is 18.8. The standard InChI is InChI=1S/C20H28N4O3/c1-14-16(20(26)23-9-11-27-12-10-23)13-21-18(22-14)17-7-2-3-8-24(17)19(25)15-5-4-6-15/h13,15,17H,2-12H2,1H3. The molecule has 3 heterocycles. The molecule has 3 fully saturated rings. The monoisotopic (exact) mass is 372 g/mol. The van der Waals surface area contributed by atoms with Gasteiger partial charge in [-0.15, -0.1) is 0 Å². The Hall–Kier alpha value is -2.02. The molecule has 1 saturated carbocycles. The highest BCUT2D eigenvalue weighted by Gasteiger charge is 2.36. The molecule has 27 heavy (non-hydrogen) atoms. The summed E-state index contributed by atoms with van der Waals surface area (Å²) in [4.78, 5) is 38.6. The molecule has 1 aromatic heterocycles. The molecular weight excluding hydrogens is 344 g/mol. The third kappa shape index (κ3) is 3.70. The summed E-state index contributed by atoms with van der Waals surface area (Å²) in [6.45, 7) is 5.00. The Kier molecular flexibility index (Phi) is 5.38. The molecule has 146 valence electrons. The van der Waals surface area contributed by atoms with Gasteiger partial charge in [-0.05, 0) is 39.0 Å². The van der Waals surface area contributed by atoms with Crippen molar-refractivity contribution in [3.05, 3.63) is 23.3 Å². The van der Waals surface area contributed by atoms with E-state index in [2.05, 4.69) is 9.97 Å². The number of aryl methyl sites for hydroxylation is 1. The number of amides is 2. The average Bonchev–Trinajstić information content (AvgIpc) is 2.66. The summed E-state index contributed by atoms with van der Waals surface area (Å²) in [6, 6.07) is -0.0573. The van der Waals surface area contributed by atoms with E-state index in [0.29, 0.717) is 43.4 Å². The maximum absolute atomic E-state index is 12.8. The Labute approximate surface area is 160 Å². The van der Waals surface area contributed by atoms with Gasteiger partial charge in [0.15, 0.2) is 5.82 Å². The largest absolute Gasteiger partial charge is 0.378 e. The van der Waals surface area contributed by atoms with Gasteiger partial charge in [0.1, 0.15) is 0 Å². The number of morpholine rings is 1. The first-order chi connectivity index (χ1) is 13.1. The third-order valence-electron chi connectivity index (χ3n) is 6.07. The van der Waals surface area contributed by atoms with Crippen LogP contribution in [0.5, 0.6) is 0 Å². The second-order valence-corrected chi connectivity index (χ2v) is 7.80. The molecule has 0 spiro atoms. The van der Waals surface area contributed by atoms with Crippen molar-refractivity contribution in [3.8, 4) is 0 Å². The van der Waals surface area contributed by atoms with Gasteiger partial charge in [0.25, 0.3) is 5.91 Å². The Morgan fingerprint density at radius 2 is 1.85 bits per heavy atom. The quantitative estimate of drug-likeness (QED) is 0.812. The van der Waals surface area contributed by atoms with Crippen LogP contribution in [0.1, 0.15) is 66.4 Å². The predicted molar refractivity (Wildman–Crippen MR) is 99.1 cm³/mol. The second-order valence-electron chi connectivity index (χ2n) is 7.80. The highest BCUT2D eigenvalue weighted by Crippen LogP contribution is 2.35. The Bertz CT molecular complexity index is 713. The summed E-state index contributed by atoms with van der Waals surface area (Å²) < 4.78 is 5.32. The van der Waals surface area contributed by atoms with E-state index in [9.17, 15) is 9.59 Å². The molecule has 2 amide bonds. The minimum absolute atomic E-state index is 0.0339. The Morgan fingerprint density at radius 3 is 2.52 bits per heavy atom. The van der Waals surface area contributed by atoms with Crippen molar-refractivity contribution in [2.24, 2.45) is 5.92 Å². The summed E-state index contributed by atoms with van der Waals surface area (Å²) in [5, 5.41) is 0. The average molecular weight is 372 g/mol. The van der Waals surface area contributed by atoms with E-state index >= 15 is 0 Å². The molecule has 1 aromatic rings. The molecule has 1 unspecified atom stereocenters. The lowest BCUT2D eigenvalue weighted by molar-refractivity contribution is -0.142. The lowest BCUT2D eigenvalue weighted by atomic mass is 9.83. The number of piperidine rings is 1. The van der Waals surface area contributed by atoms with Crippen molar-refractivity contribution in [2.45, 2.75) is 51.5 Å². The van der Waals surface area contributed by atoms with Crippen LogP contribution in [0.2, 0.25) is 0 Å². The van der Waals surface area contributed by atoms with Crippen molar-refractivity contribution in [1.29, 1.82) is 0 Å². The molecule has 1 aliphatic carbocycles. The van der Waals surface area contributed by atoms with Crippen LogP contribution in [0.4, 0.5) is 0 Å². The minimum atomic E-state index is -0.0573. The molecular formula is C20H28N4O3. The number of rotatable bonds is 3. The van der Waals surface area contributed by atoms with Crippen LogP contribution in [-0.2, 0) is 9.53 Å². The van der Waals surface area contributed by atoms with Gasteiger partial charge in [-0.1, -0.05) is 6.42 Å². The number of hydrogen-bond donors (Lipinski definition) is 0. The van der Waals surface area contributed by atoms with E-state index in [4.69, 9.17) is 4.74 Å². The number of ether oxygens (including phenoxy) is 1. The molecule has 0 aromatic carbocycles. The van der Waals surface area contributed by atoms with E-state index in [1.54, 1.807) is 11.1 Å². The van der Waals surface area contributed by atoms with E-state index < -0.39 is 0 Å². The molecule has 2 saturated heterocycles. The molecule has 0 radical (unpaired) electrons. The smallest absolute Gasteiger partial charge is 0.257 e. The van der Waals surface area contributed by atoms with Gasteiger partial charge in [0.2, 0.25) is 5.91 Å². The first-order valence-electron chi connectivity index (χ1n) is 10.2. The third-order valence-corrected chi connectivity index (χ3v) is 6.07. The zero-order valence-corrected chi connectivity index (χ0v) is 16.0. The van der Waals surface area contributed by atoms with Crippen LogP contribution in [0.3, 0.4) is 0 Å². The van der Waals surface area contributed by atoms with Crippen molar-refractivity contribution in [2.75, 3.05) is 32.8 Å². The fourth-order valence-corrected chi connectivity index (χ4v) is 4.15. The molecule has 0 N–H and O–H groups in total. The van der Waals surface area contributed by atoms with Gasteiger partial charge in [-0.2, -0.15) is 0 Å². The van der Waals surface area contributed by atoms with Gasteiger partial charge >= 0.3 is 0 Å². The summed E-state index contributed by atoms with van der Waals surface area (Å²) in [6.07, 6.45) is 7.84. The number of carbonyl (C=O) groups excluding carboxylic acids is 2. The highest BCUT2D eigenvalue weighted by atomic mass is 16.5. The predicted octanol–water partition coefficient (Wildman–Crippen LogP) is 2.11. The molecule has 0 bridgehead atoms. The number of aromatic nitrogens is 2. The molecule has 7 nitrogen and oxygen atoms in total. The fourth-order valence-electron chi connectivity index (χ4n) is 4.15. The van der Waals surface area contributed by atoms with Crippen LogP contribution in [0.15, 0.2) is 6.20 Å². The van der Waals surface area contributed by atoms with Crippen LogP contribution in [0.25, 0.3) is 0 Å². The maximum atomic E-state index is 12.8. The topological polar surface area (TPSA) is 75.6 Å². The SMILES string of the molecule is Cc1nc(C2CCCCN2C(=O)C2CCC2)ncc1C(=O)N1CCOCC1. The first-order valence-corrected chi connectivity index (χ1v) is 10.2. The van der Waals surface area contributed by atoms with E-state index in [1.807, 2.05) is 11.8 Å². The maximum Gasteiger partial charge on any atom is 0.257 e. The van der Waals surface area contributed by atoms with Crippen LogP contribution >= 0.6 is 0 Å². The van der Waals surface area contributed by atoms with Crippen molar-refractivity contribution >= 4 is 11.8 Å². The second kappa shape index (κ2) is 7.92. The van der Waals surface area contributed by atoms with Gasteiger partial charge in [-0.3, -0.25) is 9.59 Å². The van der Waals surface area contributed by atoms with Gasteiger partial charge < -0.3 is 14.5 Å². The first kappa shape index (κ1) is 18.3. The van der Waals surface area contributed by atoms with Gasteiger partial charge in [0, 0.05) is 31.7 Å². The highest BCUT2D eigenvalue weighted by molar-refractivity contribution is 5.95. The summed E-state index contributed by atoms with van der Waals surface area (Å²) in [5.74, 6) is 1.10. The van der Waals surface area contributed by atoms with Crippen molar-refractivity contribution in [1.82, 2.24) is 19.8 Å². The van der Waals surface area contributed by atoms with Crippen LogP contribution in [-0.4, -0.2) is 64.4 Å². The Morgan fingerprint density at radius 1 is 1.07 bits per heavy atom. The number of likely N-dealkylation sites (tertiary alicyclic amines) is 1. The molecule has 2 aliphatic heterocycles. The summed E-state index contributed by atoms with van der Waals surface area (Å²) >= 11 is 0. The van der Waals surface area contributed by atoms with E-state index in [-0.39, 0.29) is 23.8 Å². The number of nitrogens with zero attached hydrogens (tertiary/aromatic N) is 4. The van der Waals surface area contributed by atoms with Gasteiger partial charge in [0.05, 0.1) is 30.5 Å². The van der Waals surface area contributed by atoms with Gasteiger partial charge in [-0.25, -0.2) is 9.97 Å². The number of hydrogen-bond acceptors (Lipinski definition) is 5. The Balaban J connectivity index is 1.53. The summed E-state index contributed by atoms with van der Waals surface area (Å²) in [5.41, 5.74) is 1.24. The molecule has 3 aliphatic rings. The molecule has 7 heteroatoms. The normalized spacial score (nSPS) is 23.8. The van der Waals surface area contributed by atoms with E-state index in [1.165, 1.54) is 0 Å². The number of carbonyl (C=O) groups is 2. The van der Waals surface area contributed by atoms with Crippen molar-refractivity contribution < 1.29 is 14.3 Å². The summed E-state index contributed by atoms with van der Waals surface area (Å²) in [7, 11) is 0. The van der Waals surface area contributed by atoms with E-state index in [0.717, 1.165) is 45.1 Å². The fraction of sp³-hybridized carbons (Fsp3) is 0.700.